The zero-order chi connectivity index (χ0) is 25.2. The largest absolute Gasteiger partial charge is 0.477 e. The summed E-state index contributed by atoms with van der Waals surface area (Å²) >= 11 is 7.45. The van der Waals surface area contributed by atoms with Crippen molar-refractivity contribution >= 4 is 59.0 Å². The number of amides is 2. The van der Waals surface area contributed by atoms with Crippen LogP contribution in [-0.4, -0.2) is 83.2 Å². The van der Waals surface area contributed by atoms with Crippen molar-refractivity contribution in [1.29, 1.82) is 0 Å². The Morgan fingerprint density at radius 3 is 2.77 bits per heavy atom. The Labute approximate surface area is 213 Å². The van der Waals surface area contributed by atoms with Gasteiger partial charge in [-0.05, 0) is 21.6 Å². The third-order valence-corrected chi connectivity index (χ3v) is 8.14. The van der Waals surface area contributed by atoms with Crippen LogP contribution in [0.4, 0.5) is 0 Å². The normalized spacial score (nSPS) is 22.2. The van der Waals surface area contributed by atoms with E-state index < -0.39 is 34.9 Å². The van der Waals surface area contributed by atoms with Crippen LogP contribution >= 0.6 is 35.7 Å². The van der Waals surface area contributed by atoms with Crippen molar-refractivity contribution in [2.75, 3.05) is 18.6 Å². The molecule has 1 saturated heterocycles. The summed E-state index contributed by atoms with van der Waals surface area (Å²) in [5.74, 6) is -1.85. The van der Waals surface area contributed by atoms with Crippen LogP contribution in [0.5, 0.6) is 0 Å². The summed E-state index contributed by atoms with van der Waals surface area (Å²) in [5.41, 5.74) is 0.565. The molecule has 3 atom stereocenters. The smallest absolute Gasteiger partial charge is 0.352 e. The lowest BCUT2D eigenvalue weighted by molar-refractivity contribution is -0.192. The second kappa shape index (κ2) is 10.3. The monoisotopic (exact) mass is 535 g/mol. The van der Waals surface area contributed by atoms with Crippen LogP contribution in [0.1, 0.15) is 11.6 Å². The predicted molar refractivity (Wildman–Crippen MR) is 131 cm³/mol. The third kappa shape index (κ3) is 4.51. The first-order valence-electron chi connectivity index (χ1n) is 10.2. The molecular formula is C20H21N7O5S3. The number of β-lactam (4-membered cyclic amide) rings is 1. The number of thioether (sulfide) groups is 2. The van der Waals surface area contributed by atoms with Gasteiger partial charge in [0.2, 0.25) is 11.1 Å². The van der Waals surface area contributed by atoms with Crippen molar-refractivity contribution in [3.63, 3.8) is 0 Å². The minimum Gasteiger partial charge on any atom is -0.477 e. The fraction of sp³-hybridized carbons (Fsp3) is 0.350. The summed E-state index contributed by atoms with van der Waals surface area (Å²) in [6, 6.07) is 8.01. The van der Waals surface area contributed by atoms with E-state index in [1.807, 2.05) is 6.07 Å². The number of thiocarbonyl (C=S) groups is 1. The molecule has 1 fully saturated rings. The highest BCUT2D eigenvalue weighted by molar-refractivity contribution is 8.01. The van der Waals surface area contributed by atoms with Gasteiger partial charge in [0, 0.05) is 25.7 Å². The Kier molecular flexibility index (Phi) is 7.39. The molecule has 0 spiro atoms. The molecule has 4 rings (SSSR count). The number of carboxylic acid groups (broad SMARTS) is 1. The molecule has 35 heavy (non-hydrogen) atoms. The van der Waals surface area contributed by atoms with E-state index in [0.717, 1.165) is 4.90 Å². The number of hydrogen-bond acceptors (Lipinski definition) is 10. The van der Waals surface area contributed by atoms with Crippen molar-refractivity contribution in [2.24, 2.45) is 7.05 Å². The van der Waals surface area contributed by atoms with Crippen LogP contribution in [-0.2, 0) is 26.2 Å². The van der Waals surface area contributed by atoms with E-state index >= 15 is 0 Å². The quantitative estimate of drug-likeness (QED) is 0.166. The molecule has 0 bridgehead atoms. The maximum atomic E-state index is 13.3. The number of carboxylic acids is 1. The fourth-order valence-corrected chi connectivity index (χ4v) is 6.41. The number of ether oxygens (including phenoxy) is 1. The first-order valence-corrected chi connectivity index (χ1v) is 12.7. The summed E-state index contributed by atoms with van der Waals surface area (Å²) in [6.45, 7) is 0. The Morgan fingerprint density at radius 1 is 1.43 bits per heavy atom. The van der Waals surface area contributed by atoms with Crippen molar-refractivity contribution in [1.82, 2.24) is 35.7 Å². The number of methoxy groups -OCH3 is 1. The van der Waals surface area contributed by atoms with Crippen LogP contribution in [0.25, 0.3) is 0 Å². The number of fused-ring (bicyclic) bond motifs is 1. The number of aryl methyl sites for hydroxylation is 1. The minimum atomic E-state index is -1.72. The lowest BCUT2D eigenvalue weighted by Gasteiger charge is -2.56. The molecule has 2 aromatic rings. The molecule has 2 aliphatic heterocycles. The highest BCUT2D eigenvalue weighted by Crippen LogP contribution is 2.47. The van der Waals surface area contributed by atoms with Gasteiger partial charge >= 0.3 is 5.97 Å². The number of nitrogens with one attached hydrogen (secondary N) is 2. The number of benzene rings is 1. The molecule has 3 heterocycles. The number of aromatic nitrogens is 4. The van der Waals surface area contributed by atoms with E-state index in [9.17, 15) is 19.5 Å². The van der Waals surface area contributed by atoms with Crippen LogP contribution in [0, 0.1) is 0 Å². The molecule has 12 nitrogen and oxygen atoms in total. The lowest BCUT2D eigenvalue weighted by Crippen LogP contribution is -2.81. The summed E-state index contributed by atoms with van der Waals surface area (Å²) in [6.07, 6.45) is 0. The second-order valence-corrected chi connectivity index (χ2v) is 9.77. The molecule has 0 radical (unpaired) electrons. The van der Waals surface area contributed by atoms with E-state index in [4.69, 9.17) is 17.0 Å². The van der Waals surface area contributed by atoms with E-state index in [2.05, 4.69) is 26.2 Å². The maximum Gasteiger partial charge on any atom is 0.352 e. The molecule has 1 aromatic heterocycles. The van der Waals surface area contributed by atoms with Gasteiger partial charge in [0.25, 0.3) is 11.6 Å². The first kappa shape index (κ1) is 25.1. The SMILES string of the molecule is CO[C@@]1(NC(=O)C(NC=S)c2ccccc2)C(=O)N2C(C(=O)O)=C(CSc3nnnn3C)CSC21. The highest BCUT2D eigenvalue weighted by atomic mass is 32.2. The lowest BCUT2D eigenvalue weighted by atomic mass is 9.97. The standard InChI is InChI=1S/C20H21N7O5S3/c1-26-19(23-24-25-26)35-9-12-8-34-18-20(32-2,17(31)27(18)14(12)16(29)30)22-15(28)13(21-10-33)11-6-4-3-5-7-11/h3-7,10,13,18H,8-9H2,1-2H3,(H,21,33)(H,22,28)(H,29,30)/t13?,18?,20-/m0/s1. The number of aliphatic carboxylic acids is 1. The topological polar surface area (TPSA) is 152 Å². The van der Waals surface area contributed by atoms with Gasteiger partial charge < -0.3 is 20.5 Å². The van der Waals surface area contributed by atoms with E-state index in [-0.39, 0.29) is 11.4 Å². The van der Waals surface area contributed by atoms with E-state index in [0.29, 0.717) is 22.0 Å². The van der Waals surface area contributed by atoms with Crippen LogP contribution in [0.3, 0.4) is 0 Å². The molecule has 15 heteroatoms. The van der Waals surface area contributed by atoms with Gasteiger partial charge in [-0.3, -0.25) is 14.5 Å². The van der Waals surface area contributed by atoms with Gasteiger partial charge in [-0.15, -0.1) is 16.9 Å². The van der Waals surface area contributed by atoms with Gasteiger partial charge in [0.15, 0.2) is 0 Å². The molecular weight excluding hydrogens is 514 g/mol. The molecule has 184 valence electrons. The molecule has 0 aliphatic carbocycles. The average Bonchev–Trinajstić information content (AvgIpc) is 3.28. The predicted octanol–water partition coefficient (Wildman–Crippen LogP) is 0.303. The molecule has 2 unspecified atom stereocenters. The molecule has 2 amide bonds. The number of tetrazole rings is 1. The summed E-state index contributed by atoms with van der Waals surface area (Å²) in [5, 5.41) is 26.4. The number of carbonyl (C=O) groups is 3. The fourth-order valence-electron chi connectivity index (χ4n) is 3.84. The number of hydrogen-bond donors (Lipinski definition) is 3. The first-order chi connectivity index (χ1) is 16.8. The van der Waals surface area contributed by atoms with Crippen LogP contribution in [0.15, 0.2) is 46.8 Å². The van der Waals surface area contributed by atoms with Crippen molar-refractivity contribution in [3.05, 3.63) is 47.2 Å². The Balaban J connectivity index is 1.57. The van der Waals surface area contributed by atoms with Gasteiger partial charge in [-0.1, -0.05) is 54.3 Å². The van der Waals surface area contributed by atoms with Crippen LogP contribution < -0.4 is 10.6 Å². The number of nitrogens with zero attached hydrogens (tertiary/aromatic N) is 5. The summed E-state index contributed by atoms with van der Waals surface area (Å²) in [4.78, 5) is 39.9. The summed E-state index contributed by atoms with van der Waals surface area (Å²) in [7, 11) is 2.98. The Bertz CT molecular complexity index is 1190. The molecule has 3 N–H and O–H groups in total. The van der Waals surface area contributed by atoms with Crippen LogP contribution in [0.2, 0.25) is 0 Å². The number of carbonyl (C=O) groups excluding carboxylic acids is 2. The Hall–Kier alpha value is -3.01. The zero-order valence-electron chi connectivity index (χ0n) is 18.6. The van der Waals surface area contributed by atoms with Gasteiger partial charge in [0.05, 0.1) is 5.49 Å². The van der Waals surface area contributed by atoms with E-state index in [1.165, 1.54) is 40.8 Å². The highest BCUT2D eigenvalue weighted by Gasteiger charge is 2.66. The summed E-state index contributed by atoms with van der Waals surface area (Å²) < 4.78 is 7.00. The maximum absolute atomic E-state index is 13.3. The van der Waals surface area contributed by atoms with E-state index in [1.54, 1.807) is 31.3 Å². The van der Waals surface area contributed by atoms with Crippen molar-refractivity contribution in [3.8, 4) is 0 Å². The second-order valence-electron chi connectivity index (χ2n) is 7.53. The molecule has 0 saturated carbocycles. The average molecular weight is 536 g/mol. The van der Waals surface area contributed by atoms with Crippen molar-refractivity contribution in [2.45, 2.75) is 22.3 Å². The van der Waals surface area contributed by atoms with Gasteiger partial charge in [0.1, 0.15) is 17.1 Å². The van der Waals surface area contributed by atoms with Crippen molar-refractivity contribution < 1.29 is 24.2 Å². The molecule has 2 aliphatic rings. The van der Waals surface area contributed by atoms with Gasteiger partial charge in [-0.25, -0.2) is 9.48 Å². The minimum absolute atomic E-state index is 0.125. The third-order valence-electron chi connectivity index (χ3n) is 5.53. The van der Waals surface area contributed by atoms with Gasteiger partial charge in [-0.2, -0.15) is 0 Å². The zero-order valence-corrected chi connectivity index (χ0v) is 21.0. The molecule has 1 aromatic carbocycles. The Morgan fingerprint density at radius 2 is 2.17 bits per heavy atom. The number of rotatable bonds is 10.